The van der Waals surface area contributed by atoms with Gasteiger partial charge in [0.15, 0.2) is 0 Å². The fourth-order valence-corrected chi connectivity index (χ4v) is 0.542. The molecule has 0 heteroatoms. The molecule has 0 aromatic rings. The first-order chi connectivity index (χ1) is 3.66. The zero-order chi connectivity index (χ0) is 6.57. The number of hydrogen-bond acceptors (Lipinski definition) is 0. The van der Waals surface area contributed by atoms with Crippen LogP contribution in [0.1, 0.15) is 27.2 Å². The molecule has 0 aromatic heterocycles. The Kier molecular flexibility index (Phi) is 3.25. The second-order valence-corrected chi connectivity index (χ2v) is 2.16. The molecule has 45 valence electrons. The largest absolute Gasteiger partial charge is 0.0884 e. The van der Waals surface area contributed by atoms with Gasteiger partial charge in [-0.1, -0.05) is 23.8 Å². The van der Waals surface area contributed by atoms with Gasteiger partial charge in [-0.15, -0.1) is 0 Å². The van der Waals surface area contributed by atoms with E-state index < -0.39 is 0 Å². The monoisotopic (exact) mass is 109 g/mol. The van der Waals surface area contributed by atoms with E-state index in [1.165, 1.54) is 5.57 Å². The minimum atomic E-state index is 0.941. The second kappa shape index (κ2) is 3.48. The van der Waals surface area contributed by atoms with Crippen LogP contribution in [0.3, 0.4) is 0 Å². The molecule has 0 N–H and O–H groups in total. The van der Waals surface area contributed by atoms with Crippen molar-refractivity contribution >= 4 is 0 Å². The smallest absolute Gasteiger partial charge is 0.0111 e. The molecule has 0 aliphatic rings. The average molecular weight is 109 g/mol. The lowest BCUT2D eigenvalue weighted by molar-refractivity contribution is 1.11. The molecule has 0 atom stereocenters. The molecule has 0 saturated heterocycles. The van der Waals surface area contributed by atoms with E-state index in [0.717, 1.165) is 12.0 Å². The van der Waals surface area contributed by atoms with Crippen LogP contribution >= 0.6 is 0 Å². The minimum absolute atomic E-state index is 0.941. The Morgan fingerprint density at radius 3 is 2.12 bits per heavy atom. The molecule has 0 saturated carbocycles. The highest BCUT2D eigenvalue weighted by molar-refractivity contribution is 5.06. The Bertz CT molecular complexity index is 107. The van der Waals surface area contributed by atoms with E-state index in [2.05, 4.69) is 13.0 Å². The number of rotatable bonds is 2. The zero-order valence-corrected chi connectivity index (χ0v) is 5.86. The maximum absolute atomic E-state index is 5.44. The average Bonchev–Trinajstić information content (AvgIpc) is 1.65. The normalized spacial score (nSPS) is 11.6. The van der Waals surface area contributed by atoms with Crippen LogP contribution in [0.25, 0.3) is 0 Å². The van der Waals surface area contributed by atoms with Crippen molar-refractivity contribution in [1.82, 2.24) is 0 Å². The number of hydrogen-bond donors (Lipinski definition) is 0. The van der Waals surface area contributed by atoms with Crippen molar-refractivity contribution in [3.63, 3.8) is 0 Å². The van der Waals surface area contributed by atoms with Crippen LogP contribution in [-0.4, -0.2) is 0 Å². The van der Waals surface area contributed by atoms with Gasteiger partial charge in [0, 0.05) is 0 Å². The molecular weight excluding hydrogens is 96.1 g/mol. The highest BCUT2D eigenvalue weighted by Crippen LogP contribution is 2.05. The van der Waals surface area contributed by atoms with Crippen molar-refractivity contribution in [2.45, 2.75) is 27.2 Å². The SMILES string of the molecule is [CH]=C(C)CC(C)=CC. The van der Waals surface area contributed by atoms with Crippen molar-refractivity contribution in [1.29, 1.82) is 0 Å². The Balaban J connectivity index is 3.56. The maximum atomic E-state index is 5.44. The van der Waals surface area contributed by atoms with Crippen molar-refractivity contribution in [3.05, 3.63) is 23.8 Å². The summed E-state index contributed by atoms with van der Waals surface area (Å²) in [6.45, 7) is 11.5. The molecule has 0 aliphatic carbocycles. The number of allylic oxidation sites excluding steroid dienone is 3. The van der Waals surface area contributed by atoms with Crippen LogP contribution in [0.4, 0.5) is 0 Å². The molecule has 1 radical (unpaired) electrons. The Morgan fingerprint density at radius 1 is 1.50 bits per heavy atom. The molecule has 0 bridgehead atoms. The third-order valence-corrected chi connectivity index (χ3v) is 1.05. The van der Waals surface area contributed by atoms with Gasteiger partial charge in [-0.25, -0.2) is 0 Å². The topological polar surface area (TPSA) is 0 Å². The highest BCUT2D eigenvalue weighted by Gasteiger charge is 1.85. The third kappa shape index (κ3) is 3.66. The molecule has 0 aliphatic heterocycles. The molecule has 0 heterocycles. The van der Waals surface area contributed by atoms with Gasteiger partial charge in [-0.2, -0.15) is 0 Å². The molecule has 0 spiro atoms. The fraction of sp³-hybridized carbons (Fsp3) is 0.500. The van der Waals surface area contributed by atoms with Crippen LogP contribution in [0.2, 0.25) is 0 Å². The van der Waals surface area contributed by atoms with E-state index in [1.807, 2.05) is 13.8 Å². The molecular formula is C8H13. The maximum Gasteiger partial charge on any atom is -0.0111 e. The van der Waals surface area contributed by atoms with Crippen LogP contribution in [0, 0.1) is 6.58 Å². The first-order valence-corrected chi connectivity index (χ1v) is 2.86. The molecule has 0 rings (SSSR count). The predicted molar refractivity (Wildman–Crippen MR) is 37.5 cm³/mol. The van der Waals surface area contributed by atoms with E-state index in [0.29, 0.717) is 0 Å². The zero-order valence-electron chi connectivity index (χ0n) is 5.86. The van der Waals surface area contributed by atoms with E-state index in [1.54, 1.807) is 0 Å². The van der Waals surface area contributed by atoms with Gasteiger partial charge in [0.1, 0.15) is 0 Å². The highest BCUT2D eigenvalue weighted by atomic mass is 13.9. The van der Waals surface area contributed by atoms with E-state index in [4.69, 9.17) is 6.58 Å². The van der Waals surface area contributed by atoms with Crippen molar-refractivity contribution in [2.75, 3.05) is 0 Å². The molecule has 0 amide bonds. The summed E-state index contributed by atoms with van der Waals surface area (Å²) in [4.78, 5) is 0. The predicted octanol–water partition coefficient (Wildman–Crippen LogP) is 2.72. The summed E-state index contributed by atoms with van der Waals surface area (Å²) in [6, 6.07) is 0. The Hall–Kier alpha value is -0.520. The third-order valence-electron chi connectivity index (χ3n) is 1.05. The summed E-state index contributed by atoms with van der Waals surface area (Å²) in [7, 11) is 0. The van der Waals surface area contributed by atoms with Gasteiger partial charge in [0.2, 0.25) is 0 Å². The summed E-state index contributed by atoms with van der Waals surface area (Å²) in [5.41, 5.74) is 2.32. The summed E-state index contributed by atoms with van der Waals surface area (Å²) in [5.74, 6) is 0. The van der Waals surface area contributed by atoms with Crippen molar-refractivity contribution < 1.29 is 0 Å². The lowest BCUT2D eigenvalue weighted by Crippen LogP contribution is -1.75. The first kappa shape index (κ1) is 7.48. The fourth-order valence-electron chi connectivity index (χ4n) is 0.542. The standard InChI is InChI=1S/C8H13/c1-5-8(4)6-7(2)3/h2,5H,6H2,1,3-4H3. The minimum Gasteiger partial charge on any atom is -0.0884 e. The second-order valence-electron chi connectivity index (χ2n) is 2.16. The molecule has 0 unspecified atom stereocenters. The Morgan fingerprint density at radius 2 is 2.00 bits per heavy atom. The van der Waals surface area contributed by atoms with Gasteiger partial charge >= 0.3 is 0 Å². The molecule has 8 heavy (non-hydrogen) atoms. The van der Waals surface area contributed by atoms with Gasteiger partial charge in [0.25, 0.3) is 0 Å². The van der Waals surface area contributed by atoms with Crippen LogP contribution < -0.4 is 0 Å². The lowest BCUT2D eigenvalue weighted by Gasteiger charge is -1.95. The summed E-state index contributed by atoms with van der Waals surface area (Å²) in [5, 5.41) is 0. The van der Waals surface area contributed by atoms with Crippen LogP contribution in [-0.2, 0) is 0 Å². The molecule has 0 nitrogen and oxygen atoms in total. The summed E-state index contributed by atoms with van der Waals surface area (Å²) < 4.78 is 0. The van der Waals surface area contributed by atoms with Gasteiger partial charge in [-0.05, 0) is 27.2 Å². The van der Waals surface area contributed by atoms with E-state index in [-0.39, 0.29) is 0 Å². The molecule has 0 aromatic carbocycles. The van der Waals surface area contributed by atoms with Crippen molar-refractivity contribution in [2.24, 2.45) is 0 Å². The first-order valence-electron chi connectivity index (χ1n) is 2.86. The van der Waals surface area contributed by atoms with Gasteiger partial charge < -0.3 is 0 Å². The van der Waals surface area contributed by atoms with E-state index in [9.17, 15) is 0 Å². The summed E-state index contributed by atoms with van der Waals surface area (Å²) in [6.07, 6.45) is 3.02. The van der Waals surface area contributed by atoms with Gasteiger partial charge in [0.05, 0.1) is 0 Å². The van der Waals surface area contributed by atoms with Crippen molar-refractivity contribution in [3.8, 4) is 0 Å². The molecule has 0 fully saturated rings. The Labute approximate surface area is 51.9 Å². The van der Waals surface area contributed by atoms with E-state index >= 15 is 0 Å². The van der Waals surface area contributed by atoms with Gasteiger partial charge in [-0.3, -0.25) is 0 Å². The summed E-state index contributed by atoms with van der Waals surface area (Å²) >= 11 is 0. The quantitative estimate of drug-likeness (QED) is 0.478. The van der Waals surface area contributed by atoms with Crippen LogP contribution in [0.5, 0.6) is 0 Å². The van der Waals surface area contributed by atoms with Crippen LogP contribution in [0.15, 0.2) is 17.2 Å². The lowest BCUT2D eigenvalue weighted by atomic mass is 10.1.